The van der Waals surface area contributed by atoms with Gasteiger partial charge in [0.05, 0.1) is 16.8 Å². The zero-order valence-corrected chi connectivity index (χ0v) is 14.9. The molecule has 5 rings (SSSR count). The van der Waals surface area contributed by atoms with E-state index in [0.29, 0.717) is 16.3 Å². The number of fused-ring (bicyclic) bond motifs is 4. The van der Waals surface area contributed by atoms with Crippen LogP contribution >= 0.6 is 11.3 Å². The van der Waals surface area contributed by atoms with Crippen LogP contribution in [0.4, 0.5) is 5.13 Å². The fraction of sp³-hybridized carbons (Fsp3) is 0.100. The summed E-state index contributed by atoms with van der Waals surface area (Å²) in [5.41, 5.74) is 3.88. The normalized spacial score (nSPS) is 14.1. The number of anilines is 1. The van der Waals surface area contributed by atoms with E-state index in [0.717, 1.165) is 27.5 Å². The maximum absolute atomic E-state index is 12.4. The molecule has 6 nitrogen and oxygen atoms in total. The molecule has 0 radical (unpaired) electrons. The summed E-state index contributed by atoms with van der Waals surface area (Å²) in [5, 5.41) is 3.20. The van der Waals surface area contributed by atoms with E-state index in [4.69, 9.17) is 0 Å². The molecule has 1 aliphatic carbocycles. The molecule has 0 fully saturated rings. The minimum atomic E-state index is -0.443. The number of hydrogen-bond acceptors (Lipinski definition) is 5. The van der Waals surface area contributed by atoms with Crippen molar-refractivity contribution in [1.29, 1.82) is 0 Å². The first-order valence-electron chi connectivity index (χ1n) is 8.45. The second-order valence-electron chi connectivity index (χ2n) is 6.41. The van der Waals surface area contributed by atoms with Gasteiger partial charge in [-0.2, -0.15) is 0 Å². The Morgan fingerprint density at radius 1 is 1.00 bits per heavy atom. The van der Waals surface area contributed by atoms with Gasteiger partial charge >= 0.3 is 0 Å². The molecule has 0 saturated carbocycles. The summed E-state index contributed by atoms with van der Waals surface area (Å²) in [5.74, 6) is -1.33. The van der Waals surface area contributed by atoms with Gasteiger partial charge in [0.1, 0.15) is 6.54 Å². The van der Waals surface area contributed by atoms with E-state index in [1.165, 1.54) is 16.9 Å². The Morgan fingerprint density at radius 2 is 1.63 bits per heavy atom. The number of carbonyl (C=O) groups is 3. The van der Waals surface area contributed by atoms with Crippen molar-refractivity contribution in [1.82, 2.24) is 9.88 Å². The molecule has 3 amide bonds. The molecule has 0 atom stereocenters. The van der Waals surface area contributed by atoms with Crippen molar-refractivity contribution in [2.24, 2.45) is 0 Å². The molecule has 27 heavy (non-hydrogen) atoms. The highest BCUT2D eigenvalue weighted by molar-refractivity contribution is 7.16. The monoisotopic (exact) mass is 375 g/mol. The van der Waals surface area contributed by atoms with E-state index in [-0.39, 0.29) is 6.54 Å². The molecule has 2 aliphatic rings. The van der Waals surface area contributed by atoms with Crippen molar-refractivity contribution in [3.05, 3.63) is 70.1 Å². The quantitative estimate of drug-likeness (QED) is 0.559. The Balaban J connectivity index is 1.32. The van der Waals surface area contributed by atoms with Crippen LogP contribution in [-0.2, 0) is 11.2 Å². The van der Waals surface area contributed by atoms with Crippen LogP contribution in [0, 0.1) is 0 Å². The van der Waals surface area contributed by atoms with Crippen LogP contribution in [0.2, 0.25) is 0 Å². The molecule has 0 bridgehead atoms. The number of hydrogen-bond donors (Lipinski definition) is 1. The van der Waals surface area contributed by atoms with Gasteiger partial charge < -0.3 is 5.32 Å². The van der Waals surface area contributed by atoms with Crippen molar-refractivity contribution in [2.75, 3.05) is 11.9 Å². The van der Waals surface area contributed by atoms with Gasteiger partial charge in [-0.3, -0.25) is 19.3 Å². The van der Waals surface area contributed by atoms with E-state index < -0.39 is 17.7 Å². The largest absolute Gasteiger partial charge is 0.300 e. The smallest absolute Gasteiger partial charge is 0.262 e. The summed E-state index contributed by atoms with van der Waals surface area (Å²) in [6, 6.07) is 14.6. The number of imide groups is 1. The molecule has 2 heterocycles. The van der Waals surface area contributed by atoms with Gasteiger partial charge in [-0.15, -0.1) is 11.3 Å². The third-order valence-electron chi connectivity index (χ3n) is 4.75. The Kier molecular flexibility index (Phi) is 3.45. The third kappa shape index (κ3) is 2.47. The number of aromatic nitrogens is 1. The SMILES string of the molecule is O=C(CN1C(=O)c2ccccc2C1=O)Nc1nc2c(s1)Cc1ccccc1-2. The standard InChI is InChI=1S/C20H13N3O3S/c24-16(10-23-18(25)13-7-3-4-8-14(13)19(23)26)21-20-22-17-12-6-2-1-5-11(12)9-15(17)27-20/h1-8H,9-10H2,(H,21,22,24). The number of benzene rings is 2. The Morgan fingerprint density at radius 3 is 2.33 bits per heavy atom. The van der Waals surface area contributed by atoms with E-state index in [1.54, 1.807) is 24.3 Å². The van der Waals surface area contributed by atoms with E-state index in [2.05, 4.69) is 16.4 Å². The molecule has 2 aromatic carbocycles. The zero-order valence-electron chi connectivity index (χ0n) is 14.1. The highest BCUT2D eigenvalue weighted by Gasteiger charge is 2.36. The number of thiazole rings is 1. The van der Waals surface area contributed by atoms with Crippen LogP contribution in [0.15, 0.2) is 48.5 Å². The maximum Gasteiger partial charge on any atom is 0.262 e. The predicted octanol–water partition coefficient (Wildman–Crippen LogP) is 2.95. The molecule has 0 unspecified atom stereocenters. The van der Waals surface area contributed by atoms with Crippen molar-refractivity contribution in [2.45, 2.75) is 6.42 Å². The number of nitrogens with zero attached hydrogens (tertiary/aromatic N) is 2. The molecule has 1 N–H and O–H groups in total. The maximum atomic E-state index is 12.4. The van der Waals surface area contributed by atoms with Crippen molar-refractivity contribution < 1.29 is 14.4 Å². The Bertz CT molecular complexity index is 1100. The third-order valence-corrected chi connectivity index (χ3v) is 5.72. The van der Waals surface area contributed by atoms with Gasteiger partial charge in [0, 0.05) is 16.9 Å². The molecule has 1 aliphatic heterocycles. The molecule has 7 heteroatoms. The summed E-state index contributed by atoms with van der Waals surface area (Å²) in [7, 11) is 0. The van der Waals surface area contributed by atoms with E-state index in [1.807, 2.05) is 18.2 Å². The molecule has 3 aromatic rings. The van der Waals surface area contributed by atoms with Crippen LogP contribution < -0.4 is 5.32 Å². The summed E-state index contributed by atoms with van der Waals surface area (Å²) in [4.78, 5) is 43.7. The van der Waals surface area contributed by atoms with E-state index >= 15 is 0 Å². The summed E-state index contributed by atoms with van der Waals surface area (Å²) < 4.78 is 0. The first kappa shape index (κ1) is 15.9. The number of rotatable bonds is 3. The van der Waals surface area contributed by atoms with Gasteiger partial charge in [0.15, 0.2) is 5.13 Å². The van der Waals surface area contributed by atoms with Crippen molar-refractivity contribution >= 4 is 34.2 Å². The second kappa shape index (κ2) is 5.85. The lowest BCUT2D eigenvalue weighted by Gasteiger charge is -2.12. The van der Waals surface area contributed by atoms with Crippen LogP contribution in [0.3, 0.4) is 0 Å². The summed E-state index contributed by atoms with van der Waals surface area (Å²) in [6.07, 6.45) is 0.803. The number of nitrogens with one attached hydrogen (secondary N) is 1. The second-order valence-corrected chi connectivity index (χ2v) is 7.50. The molecule has 0 saturated heterocycles. The zero-order chi connectivity index (χ0) is 18.5. The van der Waals surface area contributed by atoms with Gasteiger partial charge in [-0.25, -0.2) is 4.98 Å². The van der Waals surface area contributed by atoms with Gasteiger partial charge in [0.2, 0.25) is 5.91 Å². The first-order valence-corrected chi connectivity index (χ1v) is 9.26. The van der Waals surface area contributed by atoms with E-state index in [9.17, 15) is 14.4 Å². The highest BCUT2D eigenvalue weighted by Crippen LogP contribution is 2.40. The fourth-order valence-electron chi connectivity index (χ4n) is 3.50. The Labute approximate surface area is 158 Å². The van der Waals surface area contributed by atoms with Crippen molar-refractivity contribution in [3.8, 4) is 11.3 Å². The average Bonchev–Trinajstić information content (AvgIpc) is 3.28. The average molecular weight is 375 g/mol. The molecular weight excluding hydrogens is 362 g/mol. The molecular formula is C20H13N3O3S. The summed E-state index contributed by atoms with van der Waals surface area (Å²) in [6.45, 7) is -0.326. The minimum absolute atomic E-state index is 0.326. The highest BCUT2D eigenvalue weighted by atomic mass is 32.1. The Hall–Kier alpha value is -3.32. The molecule has 132 valence electrons. The lowest BCUT2D eigenvalue weighted by molar-refractivity contribution is -0.116. The van der Waals surface area contributed by atoms with Gasteiger partial charge in [0.25, 0.3) is 11.8 Å². The van der Waals surface area contributed by atoms with Gasteiger partial charge in [-0.05, 0) is 17.7 Å². The predicted molar refractivity (Wildman–Crippen MR) is 101 cm³/mol. The lowest BCUT2D eigenvalue weighted by Crippen LogP contribution is -2.37. The summed E-state index contributed by atoms with van der Waals surface area (Å²) >= 11 is 1.42. The topological polar surface area (TPSA) is 79.4 Å². The fourth-order valence-corrected chi connectivity index (χ4v) is 4.51. The van der Waals surface area contributed by atoms with Crippen LogP contribution in [0.5, 0.6) is 0 Å². The molecule has 1 aromatic heterocycles. The van der Waals surface area contributed by atoms with Gasteiger partial charge in [-0.1, -0.05) is 36.4 Å². The van der Waals surface area contributed by atoms with Crippen LogP contribution in [0.25, 0.3) is 11.3 Å². The number of carbonyl (C=O) groups excluding carboxylic acids is 3. The van der Waals surface area contributed by atoms with Crippen molar-refractivity contribution in [3.63, 3.8) is 0 Å². The lowest BCUT2D eigenvalue weighted by atomic mass is 10.1. The first-order chi connectivity index (χ1) is 13.1. The van der Waals surface area contributed by atoms with Crippen LogP contribution in [-0.4, -0.2) is 34.2 Å². The minimum Gasteiger partial charge on any atom is -0.300 e. The molecule has 0 spiro atoms. The van der Waals surface area contributed by atoms with Crippen LogP contribution in [0.1, 0.15) is 31.2 Å². The number of amides is 3.